The quantitative estimate of drug-likeness (QED) is 0.741. The van der Waals surface area contributed by atoms with Gasteiger partial charge in [-0.25, -0.2) is 0 Å². The highest BCUT2D eigenvalue weighted by atomic mass is 32.2. The van der Waals surface area contributed by atoms with Crippen LogP contribution in [0.1, 0.15) is 23.1 Å². The first-order valence-electron chi connectivity index (χ1n) is 6.20. The minimum absolute atomic E-state index is 0.0590. The van der Waals surface area contributed by atoms with Crippen molar-refractivity contribution in [1.29, 1.82) is 0 Å². The molecule has 0 bridgehead atoms. The monoisotopic (exact) mass is 312 g/mol. The third kappa shape index (κ3) is 3.52. The normalized spacial score (nSPS) is 10.9. The van der Waals surface area contributed by atoms with Gasteiger partial charge >= 0.3 is 0 Å². The zero-order chi connectivity index (χ0) is 15.4. The summed E-state index contributed by atoms with van der Waals surface area (Å²) in [6.07, 6.45) is 0.615. The molecule has 5 nitrogen and oxygen atoms in total. The van der Waals surface area contributed by atoms with Gasteiger partial charge in [0.2, 0.25) is 0 Å². The van der Waals surface area contributed by atoms with E-state index >= 15 is 0 Å². The standard InChI is InChI=1S/C13H14F2N4OS/c1-2-7-10(16)11(19-18-7)12(20)17-8-5-3-4-6-9(8)21-13(14)15/h3-6,13H,2,16H2,1H3,(H,17,20)(H,18,19). The summed E-state index contributed by atoms with van der Waals surface area (Å²) in [5, 5.41) is 9.09. The third-order valence-corrected chi connectivity index (χ3v) is 3.59. The Bertz CT molecular complexity index is 645. The lowest BCUT2D eigenvalue weighted by atomic mass is 10.2. The number of nitrogens with two attached hydrogens (primary N) is 1. The molecule has 1 heterocycles. The summed E-state index contributed by atoms with van der Waals surface area (Å²) in [6, 6.07) is 6.33. The predicted molar refractivity (Wildman–Crippen MR) is 78.6 cm³/mol. The van der Waals surface area contributed by atoms with E-state index in [0.29, 0.717) is 29.6 Å². The number of aromatic nitrogens is 2. The second-order valence-corrected chi connectivity index (χ2v) is 5.18. The van der Waals surface area contributed by atoms with Crippen LogP contribution >= 0.6 is 11.8 Å². The lowest BCUT2D eigenvalue weighted by Crippen LogP contribution is -2.15. The number of nitrogens with one attached hydrogen (secondary N) is 2. The third-order valence-electron chi connectivity index (χ3n) is 2.80. The van der Waals surface area contributed by atoms with Gasteiger partial charge in [0.1, 0.15) is 0 Å². The molecule has 2 rings (SSSR count). The minimum Gasteiger partial charge on any atom is -0.395 e. The van der Waals surface area contributed by atoms with E-state index < -0.39 is 11.7 Å². The van der Waals surface area contributed by atoms with Gasteiger partial charge in [0.05, 0.1) is 17.1 Å². The molecule has 0 atom stereocenters. The highest BCUT2D eigenvalue weighted by molar-refractivity contribution is 7.99. The molecule has 1 amide bonds. The molecule has 8 heteroatoms. The predicted octanol–water partition coefficient (Wildman–Crippen LogP) is 3.12. The highest BCUT2D eigenvalue weighted by Crippen LogP contribution is 2.32. The number of aromatic amines is 1. The Balaban J connectivity index is 2.21. The van der Waals surface area contributed by atoms with Crippen LogP contribution in [0.3, 0.4) is 0 Å². The highest BCUT2D eigenvalue weighted by Gasteiger charge is 2.18. The fraction of sp³-hybridized carbons (Fsp3) is 0.231. The SMILES string of the molecule is CCc1[nH]nc(C(=O)Nc2ccccc2SC(F)F)c1N. The van der Waals surface area contributed by atoms with Crippen molar-refractivity contribution in [2.24, 2.45) is 0 Å². The molecular formula is C13H14F2N4OS. The number of nitrogens with zero attached hydrogens (tertiary/aromatic N) is 1. The maximum absolute atomic E-state index is 12.5. The number of hydrogen-bond acceptors (Lipinski definition) is 4. The van der Waals surface area contributed by atoms with Crippen LogP contribution in [0.4, 0.5) is 20.2 Å². The van der Waals surface area contributed by atoms with E-state index in [1.54, 1.807) is 18.2 Å². The Morgan fingerprint density at radius 3 is 2.81 bits per heavy atom. The molecule has 1 aromatic heterocycles. The number of carbonyl (C=O) groups is 1. The van der Waals surface area contributed by atoms with Crippen LogP contribution in [-0.2, 0) is 6.42 Å². The molecule has 0 radical (unpaired) electrons. The van der Waals surface area contributed by atoms with E-state index in [1.807, 2.05) is 6.92 Å². The molecule has 0 spiro atoms. The molecule has 0 saturated heterocycles. The molecule has 112 valence electrons. The molecule has 0 aliphatic carbocycles. The van der Waals surface area contributed by atoms with Crippen LogP contribution in [0.5, 0.6) is 0 Å². The number of thioether (sulfide) groups is 1. The number of benzene rings is 1. The van der Waals surface area contributed by atoms with E-state index in [0.717, 1.165) is 0 Å². The fourth-order valence-corrected chi connectivity index (χ4v) is 2.37. The average Bonchev–Trinajstić information content (AvgIpc) is 2.81. The summed E-state index contributed by atoms with van der Waals surface area (Å²) in [6.45, 7) is 1.88. The van der Waals surface area contributed by atoms with Crippen molar-refractivity contribution in [3.05, 3.63) is 35.7 Å². The summed E-state index contributed by atoms with van der Waals surface area (Å²) < 4.78 is 25.0. The van der Waals surface area contributed by atoms with Gasteiger partial charge in [0, 0.05) is 4.90 Å². The van der Waals surface area contributed by atoms with E-state index in [-0.39, 0.29) is 16.3 Å². The van der Waals surface area contributed by atoms with Gasteiger partial charge in [0.15, 0.2) is 5.69 Å². The maximum atomic E-state index is 12.5. The number of nitrogen functional groups attached to an aromatic ring is 1. The topological polar surface area (TPSA) is 83.8 Å². The summed E-state index contributed by atoms with van der Waals surface area (Å²) >= 11 is 0.369. The average molecular weight is 312 g/mol. The van der Waals surface area contributed by atoms with Crippen molar-refractivity contribution in [2.45, 2.75) is 24.0 Å². The van der Waals surface area contributed by atoms with Crippen LogP contribution in [-0.4, -0.2) is 21.9 Å². The first-order chi connectivity index (χ1) is 10.0. The Hall–Kier alpha value is -2.09. The Morgan fingerprint density at radius 2 is 2.19 bits per heavy atom. The molecule has 0 aliphatic heterocycles. The number of H-pyrrole nitrogens is 1. The lowest BCUT2D eigenvalue weighted by Gasteiger charge is -2.09. The van der Waals surface area contributed by atoms with Gasteiger partial charge < -0.3 is 11.1 Å². The molecular weight excluding hydrogens is 298 g/mol. The number of amides is 1. The van der Waals surface area contributed by atoms with Crippen LogP contribution in [0, 0.1) is 0 Å². The molecule has 0 saturated carbocycles. The number of para-hydroxylation sites is 1. The van der Waals surface area contributed by atoms with Crippen LogP contribution in [0.2, 0.25) is 0 Å². The zero-order valence-electron chi connectivity index (χ0n) is 11.2. The Morgan fingerprint density at radius 1 is 1.48 bits per heavy atom. The number of aryl methyl sites for hydroxylation is 1. The first-order valence-corrected chi connectivity index (χ1v) is 7.08. The largest absolute Gasteiger partial charge is 0.395 e. The molecule has 4 N–H and O–H groups in total. The minimum atomic E-state index is -2.56. The molecule has 0 fully saturated rings. The van der Waals surface area contributed by atoms with Gasteiger partial charge in [0.25, 0.3) is 11.7 Å². The van der Waals surface area contributed by atoms with E-state index in [4.69, 9.17) is 5.73 Å². The number of alkyl halides is 2. The van der Waals surface area contributed by atoms with Crippen molar-refractivity contribution < 1.29 is 13.6 Å². The van der Waals surface area contributed by atoms with Crippen LogP contribution in [0.15, 0.2) is 29.2 Å². The van der Waals surface area contributed by atoms with Gasteiger partial charge in [-0.05, 0) is 18.6 Å². The maximum Gasteiger partial charge on any atom is 0.288 e. The summed E-state index contributed by atoms with van der Waals surface area (Å²) in [5.74, 6) is -3.10. The van der Waals surface area contributed by atoms with Crippen molar-refractivity contribution in [3.63, 3.8) is 0 Å². The van der Waals surface area contributed by atoms with Gasteiger partial charge in [-0.1, -0.05) is 30.8 Å². The number of carbonyl (C=O) groups excluding carboxylic acids is 1. The van der Waals surface area contributed by atoms with E-state index in [9.17, 15) is 13.6 Å². The van der Waals surface area contributed by atoms with Crippen molar-refractivity contribution in [1.82, 2.24) is 10.2 Å². The summed E-state index contributed by atoms with van der Waals surface area (Å²) in [5.41, 5.74) is 7.10. The molecule has 0 aliphatic rings. The van der Waals surface area contributed by atoms with Crippen LogP contribution in [0.25, 0.3) is 0 Å². The van der Waals surface area contributed by atoms with Gasteiger partial charge in [-0.2, -0.15) is 13.9 Å². The van der Waals surface area contributed by atoms with Crippen molar-refractivity contribution in [2.75, 3.05) is 11.1 Å². The van der Waals surface area contributed by atoms with Gasteiger partial charge in [-0.15, -0.1) is 0 Å². The Labute approximate surface area is 124 Å². The number of anilines is 2. The second kappa shape index (κ2) is 6.57. The smallest absolute Gasteiger partial charge is 0.288 e. The Kier molecular flexibility index (Phi) is 4.79. The van der Waals surface area contributed by atoms with E-state index in [1.165, 1.54) is 6.07 Å². The number of hydrogen-bond donors (Lipinski definition) is 3. The molecule has 21 heavy (non-hydrogen) atoms. The number of rotatable bonds is 5. The summed E-state index contributed by atoms with van der Waals surface area (Å²) in [7, 11) is 0. The zero-order valence-corrected chi connectivity index (χ0v) is 12.0. The molecule has 0 unspecified atom stereocenters. The van der Waals surface area contributed by atoms with Crippen LogP contribution < -0.4 is 11.1 Å². The van der Waals surface area contributed by atoms with E-state index in [2.05, 4.69) is 15.5 Å². The summed E-state index contributed by atoms with van der Waals surface area (Å²) in [4.78, 5) is 12.4. The lowest BCUT2D eigenvalue weighted by molar-refractivity contribution is 0.102. The van der Waals surface area contributed by atoms with Crippen molar-refractivity contribution >= 4 is 29.0 Å². The molecule has 2 aromatic rings. The molecule has 1 aromatic carbocycles. The van der Waals surface area contributed by atoms with Gasteiger partial charge in [-0.3, -0.25) is 9.89 Å². The second-order valence-electron chi connectivity index (χ2n) is 4.15. The number of halogens is 2. The first kappa shape index (κ1) is 15.3. The fourth-order valence-electron chi connectivity index (χ4n) is 1.78. The van der Waals surface area contributed by atoms with Crippen molar-refractivity contribution in [3.8, 4) is 0 Å².